The number of halogens is 1. The Morgan fingerprint density at radius 3 is 2.89 bits per heavy atom. The highest BCUT2D eigenvalue weighted by molar-refractivity contribution is 7.10. The lowest BCUT2D eigenvalue weighted by Crippen LogP contribution is -2.08. The second-order valence-corrected chi connectivity index (χ2v) is 4.83. The van der Waals surface area contributed by atoms with Gasteiger partial charge in [-0.1, -0.05) is 0 Å². The number of benzene rings is 1. The molecule has 0 radical (unpaired) electrons. The van der Waals surface area contributed by atoms with Crippen molar-refractivity contribution in [2.24, 2.45) is 0 Å². The number of ether oxygens (including phenoxy) is 1. The summed E-state index contributed by atoms with van der Waals surface area (Å²) in [4.78, 5) is 12.5. The molecule has 0 bridgehead atoms. The van der Waals surface area contributed by atoms with Gasteiger partial charge in [0.25, 0.3) is 0 Å². The second-order valence-electron chi connectivity index (χ2n) is 3.83. The summed E-state index contributed by atoms with van der Waals surface area (Å²) in [7, 11) is 1.28. The highest BCUT2D eigenvalue weighted by atomic mass is 32.1. The molecule has 100 valence electrons. The van der Waals surface area contributed by atoms with Gasteiger partial charge in [-0.15, -0.1) is 11.3 Å². The number of rotatable bonds is 4. The Labute approximate surface area is 114 Å². The Kier molecular flexibility index (Phi) is 4.01. The molecule has 0 amide bonds. The van der Waals surface area contributed by atoms with Crippen molar-refractivity contribution in [3.63, 3.8) is 0 Å². The van der Waals surface area contributed by atoms with Gasteiger partial charge in [-0.05, 0) is 29.6 Å². The standard InChI is InChI=1S/C13H13FN2O2S/c1-18-13(17)9-3-2-8(14)6-11(9)16-7-12-10(15)4-5-19-12/h2-6,16H,7,15H2,1H3. The van der Waals surface area contributed by atoms with Crippen LogP contribution < -0.4 is 11.1 Å². The molecule has 1 aromatic heterocycles. The van der Waals surface area contributed by atoms with Crippen molar-refractivity contribution in [2.75, 3.05) is 18.2 Å². The van der Waals surface area contributed by atoms with Crippen molar-refractivity contribution in [1.29, 1.82) is 0 Å². The van der Waals surface area contributed by atoms with E-state index in [-0.39, 0.29) is 0 Å². The highest BCUT2D eigenvalue weighted by Crippen LogP contribution is 2.23. The number of anilines is 2. The molecule has 0 fully saturated rings. The first kappa shape index (κ1) is 13.4. The molecule has 0 aliphatic heterocycles. The summed E-state index contributed by atoms with van der Waals surface area (Å²) in [6.45, 7) is 0.428. The van der Waals surface area contributed by atoms with E-state index in [2.05, 4.69) is 10.1 Å². The van der Waals surface area contributed by atoms with Crippen LogP contribution in [0.4, 0.5) is 15.8 Å². The van der Waals surface area contributed by atoms with Gasteiger partial charge in [0.2, 0.25) is 0 Å². The van der Waals surface area contributed by atoms with Gasteiger partial charge in [0.1, 0.15) is 5.82 Å². The van der Waals surface area contributed by atoms with Crippen molar-refractivity contribution < 1.29 is 13.9 Å². The lowest BCUT2D eigenvalue weighted by atomic mass is 10.1. The molecule has 2 aromatic rings. The van der Waals surface area contributed by atoms with E-state index in [4.69, 9.17) is 5.73 Å². The minimum absolute atomic E-state index is 0.291. The van der Waals surface area contributed by atoms with Crippen LogP contribution in [0.2, 0.25) is 0 Å². The minimum Gasteiger partial charge on any atom is -0.465 e. The van der Waals surface area contributed by atoms with E-state index < -0.39 is 11.8 Å². The van der Waals surface area contributed by atoms with Crippen molar-refractivity contribution in [3.05, 3.63) is 45.9 Å². The lowest BCUT2D eigenvalue weighted by Gasteiger charge is -2.10. The van der Waals surface area contributed by atoms with Crippen molar-refractivity contribution in [2.45, 2.75) is 6.54 Å². The van der Waals surface area contributed by atoms with Crippen LogP contribution in [-0.2, 0) is 11.3 Å². The fourth-order valence-corrected chi connectivity index (χ4v) is 2.36. The van der Waals surface area contributed by atoms with Crippen LogP contribution in [0.15, 0.2) is 29.6 Å². The molecule has 6 heteroatoms. The molecular weight excluding hydrogens is 267 g/mol. The third-order valence-corrected chi connectivity index (χ3v) is 3.54. The number of carbonyl (C=O) groups excluding carboxylic acids is 1. The van der Waals surface area contributed by atoms with Crippen LogP contribution in [0.3, 0.4) is 0 Å². The Bertz CT molecular complexity index is 598. The zero-order chi connectivity index (χ0) is 13.8. The maximum absolute atomic E-state index is 13.2. The molecule has 0 aliphatic carbocycles. The predicted octanol–water partition coefficient (Wildman–Crippen LogP) is 2.87. The van der Waals surface area contributed by atoms with Gasteiger partial charge in [0.05, 0.1) is 24.9 Å². The lowest BCUT2D eigenvalue weighted by molar-refractivity contribution is 0.0602. The van der Waals surface area contributed by atoms with Gasteiger partial charge in [0, 0.05) is 10.6 Å². The van der Waals surface area contributed by atoms with Gasteiger partial charge >= 0.3 is 5.97 Å². The Hall–Kier alpha value is -2.08. The number of nitrogens with one attached hydrogen (secondary N) is 1. The van der Waals surface area contributed by atoms with E-state index in [0.717, 1.165) is 4.88 Å². The Balaban J connectivity index is 2.21. The number of esters is 1. The third kappa shape index (κ3) is 3.03. The summed E-state index contributed by atoms with van der Waals surface area (Å²) in [5, 5.41) is 4.88. The number of hydrogen-bond acceptors (Lipinski definition) is 5. The van der Waals surface area contributed by atoms with Crippen LogP contribution in [-0.4, -0.2) is 13.1 Å². The number of carbonyl (C=O) groups is 1. The summed E-state index contributed by atoms with van der Waals surface area (Å²) in [6, 6.07) is 5.67. The van der Waals surface area contributed by atoms with Gasteiger partial charge in [-0.25, -0.2) is 9.18 Å². The first-order valence-electron chi connectivity index (χ1n) is 5.55. The number of nitrogen functional groups attached to an aromatic ring is 1. The monoisotopic (exact) mass is 280 g/mol. The number of thiophene rings is 1. The van der Waals surface area contributed by atoms with Gasteiger partial charge in [-0.2, -0.15) is 0 Å². The average Bonchev–Trinajstić information content (AvgIpc) is 2.81. The van der Waals surface area contributed by atoms with Crippen molar-refractivity contribution in [1.82, 2.24) is 0 Å². The summed E-state index contributed by atoms with van der Waals surface area (Å²) < 4.78 is 17.9. The molecule has 1 heterocycles. The van der Waals surface area contributed by atoms with Crippen LogP contribution in [0.25, 0.3) is 0 Å². The zero-order valence-corrected chi connectivity index (χ0v) is 11.1. The molecule has 0 aliphatic rings. The van der Waals surface area contributed by atoms with Crippen LogP contribution in [0.5, 0.6) is 0 Å². The van der Waals surface area contributed by atoms with Crippen molar-refractivity contribution >= 4 is 28.7 Å². The maximum Gasteiger partial charge on any atom is 0.339 e. The van der Waals surface area contributed by atoms with E-state index in [0.29, 0.717) is 23.5 Å². The van der Waals surface area contributed by atoms with Gasteiger partial charge in [0.15, 0.2) is 0 Å². The molecule has 4 nitrogen and oxygen atoms in total. The molecule has 0 saturated carbocycles. The topological polar surface area (TPSA) is 64.3 Å². The van der Waals surface area contributed by atoms with Gasteiger partial charge < -0.3 is 15.8 Å². The average molecular weight is 280 g/mol. The van der Waals surface area contributed by atoms with Crippen LogP contribution in [0, 0.1) is 5.82 Å². The Morgan fingerprint density at radius 2 is 2.26 bits per heavy atom. The first-order valence-corrected chi connectivity index (χ1v) is 6.43. The fraction of sp³-hybridized carbons (Fsp3) is 0.154. The van der Waals surface area contributed by atoms with E-state index >= 15 is 0 Å². The molecular formula is C13H13FN2O2S. The van der Waals surface area contributed by atoms with Crippen LogP contribution in [0.1, 0.15) is 15.2 Å². The molecule has 0 spiro atoms. The van der Waals surface area contributed by atoms with Gasteiger partial charge in [-0.3, -0.25) is 0 Å². The molecule has 0 saturated heterocycles. The molecule has 19 heavy (non-hydrogen) atoms. The number of nitrogens with two attached hydrogens (primary N) is 1. The van der Waals surface area contributed by atoms with E-state index in [1.807, 2.05) is 5.38 Å². The van der Waals surface area contributed by atoms with Crippen LogP contribution >= 0.6 is 11.3 Å². The zero-order valence-electron chi connectivity index (χ0n) is 10.3. The largest absolute Gasteiger partial charge is 0.465 e. The summed E-state index contributed by atoms with van der Waals surface area (Å²) >= 11 is 1.50. The van der Waals surface area contributed by atoms with E-state index in [9.17, 15) is 9.18 Å². The van der Waals surface area contributed by atoms with Crippen molar-refractivity contribution in [3.8, 4) is 0 Å². The predicted molar refractivity (Wildman–Crippen MR) is 73.8 cm³/mol. The van der Waals surface area contributed by atoms with E-state index in [1.54, 1.807) is 6.07 Å². The first-order chi connectivity index (χ1) is 9.11. The molecule has 2 rings (SSSR count). The molecule has 0 atom stereocenters. The maximum atomic E-state index is 13.2. The summed E-state index contributed by atoms with van der Waals surface area (Å²) in [5.74, 6) is -0.934. The molecule has 0 unspecified atom stereocenters. The number of hydrogen-bond donors (Lipinski definition) is 2. The fourth-order valence-electron chi connectivity index (χ4n) is 1.62. The smallest absolute Gasteiger partial charge is 0.339 e. The third-order valence-electron chi connectivity index (χ3n) is 2.61. The highest BCUT2D eigenvalue weighted by Gasteiger charge is 2.13. The SMILES string of the molecule is COC(=O)c1ccc(F)cc1NCc1sccc1N. The summed E-state index contributed by atoms with van der Waals surface area (Å²) in [5.41, 5.74) is 7.12. The second kappa shape index (κ2) is 5.71. The molecule has 3 N–H and O–H groups in total. The quantitative estimate of drug-likeness (QED) is 0.845. The Morgan fingerprint density at radius 1 is 1.47 bits per heavy atom. The van der Waals surface area contributed by atoms with E-state index in [1.165, 1.54) is 36.6 Å². The summed E-state index contributed by atoms with van der Waals surface area (Å²) in [6.07, 6.45) is 0. The number of methoxy groups -OCH3 is 1. The minimum atomic E-state index is -0.512. The normalized spacial score (nSPS) is 10.2. The molecule has 1 aromatic carbocycles.